The van der Waals surface area contributed by atoms with Gasteiger partial charge in [-0.15, -0.1) is 0 Å². The fourth-order valence-electron chi connectivity index (χ4n) is 4.34. The number of alkyl halides is 3. The third kappa shape index (κ3) is 6.60. The topological polar surface area (TPSA) is 133 Å². The summed E-state index contributed by atoms with van der Waals surface area (Å²) in [4.78, 5) is 18.4. The van der Waals surface area contributed by atoms with E-state index in [2.05, 4.69) is 10.1 Å². The Labute approximate surface area is 242 Å². The van der Waals surface area contributed by atoms with Gasteiger partial charge in [-0.25, -0.2) is 19.2 Å². The van der Waals surface area contributed by atoms with Crippen LogP contribution in [0.3, 0.4) is 0 Å². The van der Waals surface area contributed by atoms with E-state index in [1.165, 1.54) is 6.07 Å². The number of nitrogen functional groups attached to an aromatic ring is 2. The number of anilines is 2. The van der Waals surface area contributed by atoms with Crippen molar-refractivity contribution in [1.29, 1.82) is 0 Å². The van der Waals surface area contributed by atoms with Crippen molar-refractivity contribution in [3.8, 4) is 11.4 Å². The molecular weight excluding hydrogens is 576 g/mol. The van der Waals surface area contributed by atoms with Gasteiger partial charge in [0.15, 0.2) is 5.82 Å². The molecule has 0 saturated carbocycles. The second-order valence-corrected chi connectivity index (χ2v) is 9.72. The molecule has 0 saturated heterocycles. The first-order valence-electron chi connectivity index (χ1n) is 12.5. The van der Waals surface area contributed by atoms with Gasteiger partial charge in [-0.2, -0.15) is 18.3 Å². The van der Waals surface area contributed by atoms with E-state index in [0.717, 1.165) is 28.3 Å². The number of aromatic nitrogens is 4. The molecule has 1 atom stereocenters. The Morgan fingerprint density at radius 1 is 1.05 bits per heavy atom. The molecule has 5 rings (SSSR count). The van der Waals surface area contributed by atoms with Gasteiger partial charge in [0.25, 0.3) is 0 Å². The number of aryl methyl sites for hydroxylation is 2. The SMILES string of the molecule is CCc1ccc(F)c(C(c2cc3cc(N)ccc3c(N)n2)c2nc(-c3cccc(Cl)c3)nn2C)c1.O=C(O)C(F)(F)F. The number of aliphatic carboxylic acids is 1. The van der Waals surface area contributed by atoms with Crippen LogP contribution in [0, 0.1) is 5.82 Å². The summed E-state index contributed by atoms with van der Waals surface area (Å²) in [6.07, 6.45) is -4.32. The minimum absolute atomic E-state index is 0.340. The van der Waals surface area contributed by atoms with Crippen LogP contribution in [0.5, 0.6) is 0 Å². The van der Waals surface area contributed by atoms with Gasteiger partial charge in [-0.05, 0) is 59.8 Å². The lowest BCUT2D eigenvalue weighted by molar-refractivity contribution is -0.192. The predicted octanol–water partition coefficient (Wildman–Crippen LogP) is 6.36. The van der Waals surface area contributed by atoms with Gasteiger partial charge in [0.1, 0.15) is 17.5 Å². The standard InChI is InChI=1S/C27H24ClFN6.C2HF3O2/c1-3-15-7-10-22(29)21(11-15)24(23-14-17-13-19(30)8-9-20(17)25(31)32-23)27-33-26(34-35(27)2)16-5-4-6-18(28)12-16;3-2(4,5)1(6)7/h4-14,24H,3,30H2,1-2H3,(H2,31,32);(H,6,7). The Balaban J connectivity index is 0.000000517. The highest BCUT2D eigenvalue weighted by Gasteiger charge is 2.38. The van der Waals surface area contributed by atoms with Gasteiger partial charge < -0.3 is 16.6 Å². The lowest BCUT2D eigenvalue weighted by atomic mass is 9.91. The summed E-state index contributed by atoms with van der Waals surface area (Å²) < 4.78 is 48.8. The second-order valence-electron chi connectivity index (χ2n) is 9.29. The fraction of sp³-hybridized carbons (Fsp3) is 0.172. The van der Waals surface area contributed by atoms with E-state index in [1.54, 1.807) is 36.0 Å². The van der Waals surface area contributed by atoms with Crippen LogP contribution >= 0.6 is 11.6 Å². The maximum atomic E-state index is 15.4. The number of carbonyl (C=O) groups is 1. The van der Waals surface area contributed by atoms with Crippen LogP contribution in [0.15, 0.2) is 66.7 Å². The summed E-state index contributed by atoms with van der Waals surface area (Å²) in [7, 11) is 1.79. The molecule has 0 aliphatic rings. The van der Waals surface area contributed by atoms with Crippen molar-refractivity contribution < 1.29 is 27.5 Å². The molecule has 0 radical (unpaired) electrons. The first kappa shape index (κ1) is 30.3. The van der Waals surface area contributed by atoms with E-state index in [1.807, 2.05) is 43.3 Å². The minimum atomic E-state index is -5.08. The Bertz CT molecular complexity index is 1770. The molecular formula is C29H25ClF4N6O2. The van der Waals surface area contributed by atoms with Gasteiger partial charge in [0.05, 0.1) is 11.6 Å². The molecule has 5 aromatic rings. The van der Waals surface area contributed by atoms with Crippen molar-refractivity contribution >= 4 is 39.8 Å². The first-order valence-corrected chi connectivity index (χ1v) is 12.9. The minimum Gasteiger partial charge on any atom is -0.475 e. The maximum absolute atomic E-state index is 15.4. The lowest BCUT2D eigenvalue weighted by Gasteiger charge is -2.19. The molecule has 8 nitrogen and oxygen atoms in total. The van der Waals surface area contributed by atoms with Crippen molar-refractivity contribution in [1.82, 2.24) is 19.7 Å². The van der Waals surface area contributed by atoms with Gasteiger partial charge in [0, 0.05) is 34.3 Å². The average molecular weight is 601 g/mol. The number of fused-ring (bicyclic) bond motifs is 1. The van der Waals surface area contributed by atoms with Crippen LogP contribution in [0.25, 0.3) is 22.2 Å². The second kappa shape index (κ2) is 12.0. The molecule has 1 unspecified atom stereocenters. The zero-order valence-electron chi connectivity index (χ0n) is 22.3. The Kier molecular flexibility index (Phi) is 8.67. The van der Waals surface area contributed by atoms with E-state index in [-0.39, 0.29) is 5.82 Å². The van der Waals surface area contributed by atoms with Crippen molar-refractivity contribution in [3.05, 3.63) is 100 Å². The number of carboxylic acid groups (broad SMARTS) is 1. The molecule has 0 spiro atoms. The summed E-state index contributed by atoms with van der Waals surface area (Å²) >= 11 is 6.19. The van der Waals surface area contributed by atoms with Crippen molar-refractivity contribution in [2.24, 2.45) is 7.05 Å². The van der Waals surface area contributed by atoms with Crippen LogP contribution in [0.4, 0.5) is 29.1 Å². The highest BCUT2D eigenvalue weighted by Crippen LogP contribution is 2.36. The molecule has 218 valence electrons. The summed E-state index contributed by atoms with van der Waals surface area (Å²) in [6.45, 7) is 2.03. The van der Waals surface area contributed by atoms with Crippen molar-refractivity contribution in [3.63, 3.8) is 0 Å². The van der Waals surface area contributed by atoms with E-state index >= 15 is 4.39 Å². The molecule has 0 bridgehead atoms. The first-order chi connectivity index (χ1) is 19.8. The fourth-order valence-corrected chi connectivity index (χ4v) is 4.53. The third-order valence-corrected chi connectivity index (χ3v) is 6.60. The zero-order chi connectivity index (χ0) is 30.8. The van der Waals surface area contributed by atoms with Crippen LogP contribution in [0.1, 0.15) is 35.5 Å². The number of pyridine rings is 1. The van der Waals surface area contributed by atoms with Crippen molar-refractivity contribution in [2.45, 2.75) is 25.4 Å². The highest BCUT2D eigenvalue weighted by atomic mass is 35.5. The summed E-state index contributed by atoms with van der Waals surface area (Å²) in [5.74, 6) is -2.41. The Hall–Kier alpha value is -4.71. The van der Waals surface area contributed by atoms with Crippen LogP contribution < -0.4 is 11.5 Å². The molecule has 5 N–H and O–H groups in total. The van der Waals surface area contributed by atoms with E-state index in [4.69, 9.17) is 38.0 Å². The lowest BCUT2D eigenvalue weighted by Crippen LogP contribution is -2.21. The predicted molar refractivity (Wildman–Crippen MR) is 152 cm³/mol. The molecule has 0 fully saturated rings. The molecule has 2 heterocycles. The number of hydrogen-bond donors (Lipinski definition) is 3. The molecule has 0 amide bonds. The summed E-state index contributed by atoms with van der Waals surface area (Å²) in [5.41, 5.74) is 15.7. The summed E-state index contributed by atoms with van der Waals surface area (Å²) in [6, 6.07) is 19.8. The zero-order valence-corrected chi connectivity index (χ0v) is 23.1. The third-order valence-electron chi connectivity index (χ3n) is 6.36. The highest BCUT2D eigenvalue weighted by molar-refractivity contribution is 6.30. The van der Waals surface area contributed by atoms with E-state index in [0.29, 0.717) is 39.4 Å². The van der Waals surface area contributed by atoms with Gasteiger partial charge >= 0.3 is 12.1 Å². The smallest absolute Gasteiger partial charge is 0.475 e. The monoisotopic (exact) mass is 600 g/mol. The summed E-state index contributed by atoms with van der Waals surface area (Å²) in [5, 5.41) is 13.9. The Morgan fingerprint density at radius 2 is 1.76 bits per heavy atom. The van der Waals surface area contributed by atoms with Gasteiger partial charge in [-0.3, -0.25) is 4.68 Å². The molecule has 42 heavy (non-hydrogen) atoms. The number of carboxylic acids is 1. The van der Waals surface area contributed by atoms with Crippen LogP contribution in [-0.4, -0.2) is 37.0 Å². The largest absolute Gasteiger partial charge is 0.490 e. The molecule has 0 aliphatic heterocycles. The number of benzene rings is 3. The number of rotatable bonds is 5. The normalized spacial score (nSPS) is 12.1. The van der Waals surface area contributed by atoms with Gasteiger partial charge in [0.2, 0.25) is 0 Å². The molecule has 3 aromatic carbocycles. The van der Waals surface area contributed by atoms with Crippen molar-refractivity contribution in [2.75, 3.05) is 11.5 Å². The molecule has 13 heteroatoms. The average Bonchev–Trinajstić information content (AvgIpc) is 3.30. The van der Waals surface area contributed by atoms with E-state index in [9.17, 15) is 13.2 Å². The maximum Gasteiger partial charge on any atom is 0.490 e. The van der Waals surface area contributed by atoms with E-state index < -0.39 is 18.1 Å². The quantitative estimate of drug-likeness (QED) is 0.158. The Morgan fingerprint density at radius 3 is 2.40 bits per heavy atom. The van der Waals surface area contributed by atoms with Gasteiger partial charge in [-0.1, -0.05) is 42.8 Å². The van der Waals surface area contributed by atoms with Crippen LogP contribution in [0.2, 0.25) is 5.02 Å². The molecule has 2 aromatic heterocycles. The number of hydrogen-bond acceptors (Lipinski definition) is 6. The number of nitrogens with zero attached hydrogens (tertiary/aromatic N) is 4. The molecule has 0 aliphatic carbocycles. The number of nitrogens with two attached hydrogens (primary N) is 2. The number of halogens is 5. The van der Waals surface area contributed by atoms with Crippen LogP contribution in [-0.2, 0) is 18.3 Å².